The second kappa shape index (κ2) is 20.2. The molecule has 3 aromatic carbocycles. The van der Waals surface area contributed by atoms with E-state index in [1.807, 2.05) is 42.5 Å². The first-order valence-electron chi connectivity index (χ1n) is 21.0. The van der Waals surface area contributed by atoms with Crippen molar-refractivity contribution in [3.63, 3.8) is 0 Å². The van der Waals surface area contributed by atoms with Crippen LogP contribution in [0.25, 0.3) is 0 Å². The van der Waals surface area contributed by atoms with Crippen molar-refractivity contribution in [2.24, 2.45) is 22.9 Å². The third-order valence-corrected chi connectivity index (χ3v) is 13.0. The lowest BCUT2D eigenvalue weighted by molar-refractivity contribution is -0.223. The van der Waals surface area contributed by atoms with E-state index in [2.05, 4.69) is 24.0 Å². The number of aldehydes is 1. The molecule has 1 amide bonds. The van der Waals surface area contributed by atoms with E-state index in [1.54, 1.807) is 36.0 Å². The molecule has 1 saturated carbocycles. The molecule has 1 saturated heterocycles. The van der Waals surface area contributed by atoms with E-state index in [0.717, 1.165) is 73.0 Å². The SMILES string of the molecule is C=CCOC12Oc3ccc(Oc4cccc(C=O)c4)cc3C3C(CCCCO)C(CCCCO)C=C(C(=NOC4CCCCO4)CC1Sc1ccc(NC(C)=O)cc1)C32. The summed E-state index contributed by atoms with van der Waals surface area (Å²) in [5.41, 5.74) is 4.07. The fourth-order valence-corrected chi connectivity index (χ4v) is 10.5. The van der Waals surface area contributed by atoms with Crippen molar-refractivity contribution in [2.45, 2.75) is 99.3 Å². The first-order chi connectivity index (χ1) is 28.8. The molecule has 2 fully saturated rings. The average Bonchev–Trinajstić information content (AvgIpc) is 3.25. The Morgan fingerprint density at radius 3 is 2.54 bits per heavy atom. The van der Waals surface area contributed by atoms with Gasteiger partial charge in [-0.2, -0.15) is 0 Å². The summed E-state index contributed by atoms with van der Waals surface area (Å²) >= 11 is 1.65. The first-order valence-corrected chi connectivity index (χ1v) is 21.9. The molecule has 0 aromatic heterocycles. The molecule has 0 bridgehead atoms. The molecule has 7 rings (SSSR count). The highest BCUT2D eigenvalue weighted by atomic mass is 32.2. The summed E-state index contributed by atoms with van der Waals surface area (Å²) in [5.74, 6) is 0.317. The second-order valence-electron chi connectivity index (χ2n) is 15.8. The minimum Gasteiger partial charge on any atom is -0.460 e. The molecular formula is C47H56N2O9S. The number of aliphatic hydroxyl groups is 2. The fraction of sp³-hybridized carbons (Fsp3) is 0.468. The van der Waals surface area contributed by atoms with Gasteiger partial charge in [0.1, 0.15) is 23.5 Å². The van der Waals surface area contributed by atoms with E-state index in [1.165, 1.54) is 6.92 Å². The lowest BCUT2D eigenvalue weighted by Crippen LogP contribution is -2.64. The van der Waals surface area contributed by atoms with Crippen molar-refractivity contribution in [3.8, 4) is 17.2 Å². The van der Waals surface area contributed by atoms with E-state index in [-0.39, 0.29) is 54.6 Å². The van der Waals surface area contributed by atoms with Gasteiger partial charge in [-0.05, 0) is 111 Å². The Morgan fingerprint density at radius 1 is 1.02 bits per heavy atom. The van der Waals surface area contributed by atoms with Gasteiger partial charge in [0.2, 0.25) is 18.0 Å². The first kappa shape index (κ1) is 42.7. The Bertz CT molecular complexity index is 1980. The summed E-state index contributed by atoms with van der Waals surface area (Å²) in [6.45, 7) is 6.64. The van der Waals surface area contributed by atoms with Gasteiger partial charge in [0.05, 0.1) is 30.1 Å². The molecule has 3 N–H and O–H groups in total. The van der Waals surface area contributed by atoms with Gasteiger partial charge in [0.25, 0.3) is 0 Å². The number of thioether (sulfide) groups is 1. The van der Waals surface area contributed by atoms with Gasteiger partial charge in [-0.15, -0.1) is 18.3 Å². The maximum absolute atomic E-state index is 11.8. The summed E-state index contributed by atoms with van der Waals surface area (Å²) in [5, 5.41) is 27.3. The lowest BCUT2D eigenvalue weighted by atomic mass is 9.56. The number of ether oxygens (including phenoxy) is 4. The topological polar surface area (TPSA) is 145 Å². The van der Waals surface area contributed by atoms with Gasteiger partial charge in [-0.25, -0.2) is 0 Å². The predicted octanol–water partition coefficient (Wildman–Crippen LogP) is 9.20. The number of hydrogen-bond acceptors (Lipinski definition) is 11. The molecule has 2 heterocycles. The number of anilines is 1. The number of nitrogens with one attached hydrogen (secondary N) is 1. The second-order valence-corrected chi connectivity index (χ2v) is 17.0. The monoisotopic (exact) mass is 824 g/mol. The van der Waals surface area contributed by atoms with E-state index in [9.17, 15) is 19.8 Å². The number of rotatable bonds is 19. The highest BCUT2D eigenvalue weighted by Gasteiger charge is 2.64. The van der Waals surface area contributed by atoms with Crippen molar-refractivity contribution < 1.29 is 43.6 Å². The number of amides is 1. The minimum atomic E-state index is -1.18. The van der Waals surface area contributed by atoms with Crippen LogP contribution in [0.15, 0.2) is 101 Å². The number of unbranched alkanes of at least 4 members (excludes halogenated alkanes) is 2. The highest BCUT2D eigenvalue weighted by Crippen LogP contribution is 2.63. The molecule has 2 aliphatic carbocycles. The summed E-state index contributed by atoms with van der Waals surface area (Å²) in [7, 11) is 0. The lowest BCUT2D eigenvalue weighted by Gasteiger charge is -2.58. The maximum atomic E-state index is 11.8. The maximum Gasteiger partial charge on any atom is 0.231 e. The van der Waals surface area contributed by atoms with E-state index in [0.29, 0.717) is 54.4 Å². The molecule has 3 aromatic rings. The third-order valence-electron chi connectivity index (χ3n) is 11.7. The molecule has 2 aliphatic heterocycles. The number of aliphatic hydroxyl groups excluding tert-OH is 2. The summed E-state index contributed by atoms with van der Waals surface area (Å²) in [4.78, 5) is 30.7. The van der Waals surface area contributed by atoms with Crippen LogP contribution in [0, 0.1) is 17.8 Å². The molecule has 12 heteroatoms. The molecule has 59 heavy (non-hydrogen) atoms. The van der Waals surface area contributed by atoms with E-state index < -0.39 is 12.1 Å². The van der Waals surface area contributed by atoms with Crippen molar-refractivity contribution in [1.29, 1.82) is 0 Å². The van der Waals surface area contributed by atoms with E-state index in [4.69, 9.17) is 28.9 Å². The quantitative estimate of drug-likeness (QED) is 0.0463. The Labute approximate surface area is 351 Å². The Hall–Kier alpha value is -4.46. The van der Waals surface area contributed by atoms with Crippen molar-refractivity contribution >= 4 is 35.4 Å². The van der Waals surface area contributed by atoms with Crippen LogP contribution in [0.5, 0.6) is 17.2 Å². The molecule has 4 aliphatic rings. The number of hydrogen-bond donors (Lipinski definition) is 3. The zero-order valence-electron chi connectivity index (χ0n) is 33.8. The normalized spacial score (nSPS) is 26.4. The molecule has 11 nitrogen and oxygen atoms in total. The summed E-state index contributed by atoms with van der Waals surface area (Å²) < 4.78 is 26.8. The number of fused-ring (bicyclic) bond motifs is 2. The smallest absolute Gasteiger partial charge is 0.231 e. The summed E-state index contributed by atoms with van der Waals surface area (Å²) in [6.07, 6.45) is 12.5. The van der Waals surface area contributed by atoms with Gasteiger partial charge in [-0.3, -0.25) is 9.59 Å². The minimum absolute atomic E-state index is 0.109. The molecule has 7 unspecified atom stereocenters. The zero-order valence-corrected chi connectivity index (χ0v) is 34.6. The zero-order chi connectivity index (χ0) is 41.2. The van der Waals surface area contributed by atoms with Crippen LogP contribution >= 0.6 is 11.8 Å². The Morgan fingerprint density at radius 2 is 1.81 bits per heavy atom. The number of allylic oxidation sites excluding steroid dienone is 1. The number of benzene rings is 3. The van der Waals surface area contributed by atoms with Crippen LogP contribution in [0.1, 0.15) is 93.0 Å². The van der Waals surface area contributed by atoms with Gasteiger partial charge in [0, 0.05) is 60.6 Å². The standard InChI is InChI=1S/C47H56N2O9S/c1-3-24-55-47-43(59-37-19-16-34(17-20-37)48-31(2)53)29-41(49-58-44-15-6-9-25-54-44)39-27-33(12-4-7-22-50)38(14-5-8-23-51)45(46(39)47)40-28-36(18-21-42(40)57-47)56-35-13-10-11-32(26-35)30-52/h3,10-11,13,16-21,26-28,30,33,38,43-46,50-51H,1,4-9,12,14-15,22-25,29H2,2H3,(H,48,53). The van der Waals surface area contributed by atoms with Gasteiger partial charge in [0.15, 0.2) is 0 Å². The van der Waals surface area contributed by atoms with Crippen molar-refractivity contribution in [2.75, 3.05) is 31.7 Å². The van der Waals surface area contributed by atoms with Crippen LogP contribution in [0.2, 0.25) is 0 Å². The van der Waals surface area contributed by atoms with Gasteiger partial charge < -0.3 is 39.3 Å². The number of carbonyl (C=O) groups is 2. The highest BCUT2D eigenvalue weighted by molar-refractivity contribution is 8.00. The Balaban J connectivity index is 1.39. The number of carbonyl (C=O) groups excluding carboxylic acids is 2. The van der Waals surface area contributed by atoms with Crippen LogP contribution in [0.4, 0.5) is 5.69 Å². The van der Waals surface area contributed by atoms with Gasteiger partial charge >= 0.3 is 0 Å². The molecule has 7 atom stereocenters. The van der Waals surface area contributed by atoms with Crippen LogP contribution in [-0.2, 0) is 19.1 Å². The van der Waals surface area contributed by atoms with E-state index >= 15 is 0 Å². The van der Waals surface area contributed by atoms with Crippen LogP contribution in [0.3, 0.4) is 0 Å². The molecule has 0 spiro atoms. The van der Waals surface area contributed by atoms with Crippen molar-refractivity contribution in [1.82, 2.24) is 0 Å². The van der Waals surface area contributed by atoms with Gasteiger partial charge in [-0.1, -0.05) is 42.3 Å². The predicted molar refractivity (Wildman–Crippen MR) is 228 cm³/mol. The Kier molecular flexibility index (Phi) is 14.6. The van der Waals surface area contributed by atoms with Crippen LogP contribution < -0.4 is 14.8 Å². The summed E-state index contributed by atoms with van der Waals surface area (Å²) in [6, 6.07) is 20.8. The van der Waals surface area contributed by atoms with Crippen molar-refractivity contribution in [3.05, 3.63) is 102 Å². The average molecular weight is 825 g/mol. The fourth-order valence-electron chi connectivity index (χ4n) is 9.18. The number of oxime groups is 1. The number of nitrogens with zero attached hydrogens (tertiary/aromatic N) is 1. The largest absolute Gasteiger partial charge is 0.460 e. The molecule has 314 valence electrons. The van der Waals surface area contributed by atoms with Crippen LogP contribution in [-0.4, -0.2) is 71.9 Å². The molecular weight excluding hydrogens is 769 g/mol. The molecule has 0 radical (unpaired) electrons. The third kappa shape index (κ3) is 9.95.